The minimum atomic E-state index is -0.228. The van der Waals surface area contributed by atoms with E-state index in [1.165, 1.54) is 0 Å². The lowest BCUT2D eigenvalue weighted by Crippen LogP contribution is -2.47. The van der Waals surface area contributed by atoms with Gasteiger partial charge in [0.2, 0.25) is 5.91 Å². The number of rotatable bonds is 8. The Morgan fingerprint density at radius 2 is 1.94 bits per heavy atom. The van der Waals surface area contributed by atoms with Gasteiger partial charge in [-0.25, -0.2) is 4.99 Å². The lowest BCUT2D eigenvalue weighted by Gasteiger charge is -2.34. The van der Waals surface area contributed by atoms with Gasteiger partial charge in [0, 0.05) is 31.6 Å². The number of piperidine rings is 1. The molecule has 3 N–H and O–H groups in total. The molecule has 0 spiro atoms. The van der Waals surface area contributed by atoms with Crippen molar-refractivity contribution in [2.24, 2.45) is 16.6 Å². The number of likely N-dealkylation sites (tertiary alicyclic amines) is 1. The number of hydrogen-bond acceptors (Lipinski definition) is 3. The largest absolute Gasteiger partial charge is 0.489 e. The van der Waals surface area contributed by atoms with E-state index in [0.717, 1.165) is 55.3 Å². The molecule has 1 heterocycles. The Hall–Kier alpha value is -2.29. The molecular weight excluding hydrogens is 503 g/mol. The van der Waals surface area contributed by atoms with Crippen LogP contribution in [0, 0.1) is 5.92 Å². The predicted octanol–water partition coefficient (Wildman–Crippen LogP) is 3.94. The van der Waals surface area contributed by atoms with Crippen LogP contribution in [0.1, 0.15) is 37.3 Å². The van der Waals surface area contributed by atoms with Crippen LogP contribution < -0.4 is 15.8 Å². The molecule has 6 nitrogen and oxygen atoms in total. The second kappa shape index (κ2) is 13.2. The summed E-state index contributed by atoms with van der Waals surface area (Å²) in [6.07, 6.45) is 2.51. The molecule has 1 atom stereocenters. The first kappa shape index (κ1) is 25.0. The molecule has 1 aliphatic rings. The first-order valence-corrected chi connectivity index (χ1v) is 10.7. The molecule has 2 aromatic rings. The topological polar surface area (TPSA) is 80.0 Å². The van der Waals surface area contributed by atoms with Crippen molar-refractivity contribution >= 4 is 35.8 Å². The number of amides is 1. The Labute approximate surface area is 202 Å². The van der Waals surface area contributed by atoms with Crippen LogP contribution in [0.4, 0.5) is 0 Å². The number of guanidine groups is 1. The summed E-state index contributed by atoms with van der Waals surface area (Å²) in [5.74, 6) is 1.80. The lowest BCUT2D eigenvalue weighted by atomic mass is 9.95. The summed E-state index contributed by atoms with van der Waals surface area (Å²) in [4.78, 5) is 18.4. The fourth-order valence-corrected chi connectivity index (χ4v) is 3.81. The number of aliphatic imine (C=N–C) groups is 1. The fraction of sp³-hybridized carbons (Fsp3) is 0.417. The fourth-order valence-electron chi connectivity index (χ4n) is 3.81. The molecule has 1 aliphatic heterocycles. The van der Waals surface area contributed by atoms with Crippen molar-refractivity contribution in [1.82, 2.24) is 10.2 Å². The van der Waals surface area contributed by atoms with Gasteiger partial charge in [-0.2, -0.15) is 0 Å². The molecule has 7 heteroatoms. The summed E-state index contributed by atoms with van der Waals surface area (Å²) < 4.78 is 6.07. The van der Waals surface area contributed by atoms with Crippen molar-refractivity contribution in [3.63, 3.8) is 0 Å². The van der Waals surface area contributed by atoms with E-state index in [0.29, 0.717) is 25.5 Å². The van der Waals surface area contributed by atoms with Gasteiger partial charge in [-0.05, 0) is 37.3 Å². The van der Waals surface area contributed by atoms with Crippen LogP contribution >= 0.6 is 24.0 Å². The van der Waals surface area contributed by atoms with Crippen LogP contribution in [0.2, 0.25) is 0 Å². The number of ether oxygens (including phenoxy) is 1. The zero-order valence-electron chi connectivity index (χ0n) is 18.1. The SMILES string of the molecule is CCNC(=NCc1ccccc1OCc1ccccc1)N1CCCC(CC(N)=O)C1.I. The van der Waals surface area contributed by atoms with Gasteiger partial charge < -0.3 is 20.7 Å². The summed E-state index contributed by atoms with van der Waals surface area (Å²) in [6.45, 7) is 5.67. The molecule has 1 amide bonds. The van der Waals surface area contributed by atoms with Crippen molar-refractivity contribution < 1.29 is 9.53 Å². The highest BCUT2D eigenvalue weighted by atomic mass is 127. The van der Waals surface area contributed by atoms with E-state index in [1.807, 2.05) is 36.4 Å². The molecule has 1 unspecified atom stereocenters. The lowest BCUT2D eigenvalue weighted by molar-refractivity contribution is -0.119. The number of carbonyl (C=O) groups is 1. The third kappa shape index (κ3) is 8.05. The van der Waals surface area contributed by atoms with Gasteiger partial charge in [0.15, 0.2) is 5.96 Å². The van der Waals surface area contributed by atoms with E-state index in [2.05, 4.69) is 35.3 Å². The first-order chi connectivity index (χ1) is 14.7. The van der Waals surface area contributed by atoms with Crippen molar-refractivity contribution in [2.45, 2.75) is 39.3 Å². The quantitative estimate of drug-likeness (QED) is 0.305. The van der Waals surface area contributed by atoms with E-state index >= 15 is 0 Å². The van der Waals surface area contributed by atoms with Gasteiger partial charge in [0.25, 0.3) is 0 Å². The van der Waals surface area contributed by atoms with E-state index < -0.39 is 0 Å². The highest BCUT2D eigenvalue weighted by molar-refractivity contribution is 14.0. The number of primary amides is 1. The van der Waals surface area contributed by atoms with E-state index in [-0.39, 0.29) is 29.9 Å². The Morgan fingerprint density at radius 3 is 2.68 bits per heavy atom. The second-order valence-corrected chi connectivity index (χ2v) is 7.68. The molecule has 3 rings (SSSR count). The standard InChI is InChI=1S/C24H32N4O2.HI/c1-2-26-24(28-14-8-11-20(17-28)15-23(25)29)27-16-21-12-6-7-13-22(21)30-18-19-9-4-3-5-10-19;/h3-7,9-10,12-13,20H,2,8,11,14-18H2,1H3,(H2,25,29)(H,26,27);1H. The molecule has 0 aliphatic carbocycles. The van der Waals surface area contributed by atoms with Crippen LogP contribution in [0.25, 0.3) is 0 Å². The number of nitrogens with two attached hydrogens (primary N) is 1. The predicted molar refractivity (Wildman–Crippen MR) is 136 cm³/mol. The van der Waals surface area contributed by atoms with Gasteiger partial charge in [-0.1, -0.05) is 48.5 Å². The number of hydrogen-bond donors (Lipinski definition) is 2. The Morgan fingerprint density at radius 1 is 1.19 bits per heavy atom. The number of nitrogens with zero attached hydrogens (tertiary/aromatic N) is 2. The molecule has 0 bridgehead atoms. The van der Waals surface area contributed by atoms with Crippen molar-refractivity contribution in [3.8, 4) is 5.75 Å². The van der Waals surface area contributed by atoms with Crippen LogP contribution in [0.5, 0.6) is 5.75 Å². The molecule has 168 valence electrons. The number of carbonyl (C=O) groups excluding carboxylic acids is 1. The van der Waals surface area contributed by atoms with E-state index in [4.69, 9.17) is 15.5 Å². The third-order valence-electron chi connectivity index (χ3n) is 5.25. The maximum atomic E-state index is 11.3. The van der Waals surface area contributed by atoms with Crippen LogP contribution in [-0.4, -0.2) is 36.4 Å². The average molecular weight is 536 g/mol. The monoisotopic (exact) mass is 536 g/mol. The van der Waals surface area contributed by atoms with Crippen LogP contribution in [0.3, 0.4) is 0 Å². The summed E-state index contributed by atoms with van der Waals surface area (Å²) in [6, 6.07) is 18.2. The Bertz CT molecular complexity index is 844. The molecule has 0 radical (unpaired) electrons. The second-order valence-electron chi connectivity index (χ2n) is 7.68. The summed E-state index contributed by atoms with van der Waals surface area (Å²) in [5.41, 5.74) is 7.60. The minimum absolute atomic E-state index is 0. The Balaban J connectivity index is 0.00000341. The van der Waals surface area contributed by atoms with Crippen LogP contribution in [-0.2, 0) is 17.9 Å². The van der Waals surface area contributed by atoms with Crippen molar-refractivity contribution in [1.29, 1.82) is 0 Å². The maximum absolute atomic E-state index is 11.3. The number of nitrogens with one attached hydrogen (secondary N) is 1. The normalized spacial score (nSPS) is 16.4. The summed E-state index contributed by atoms with van der Waals surface area (Å²) in [5, 5.41) is 3.39. The molecule has 0 aromatic heterocycles. The van der Waals surface area contributed by atoms with Gasteiger partial charge in [-0.3, -0.25) is 4.79 Å². The minimum Gasteiger partial charge on any atom is -0.489 e. The zero-order valence-corrected chi connectivity index (χ0v) is 20.5. The van der Waals surface area contributed by atoms with E-state index in [9.17, 15) is 4.79 Å². The van der Waals surface area contributed by atoms with Gasteiger partial charge in [-0.15, -0.1) is 24.0 Å². The first-order valence-electron chi connectivity index (χ1n) is 10.7. The van der Waals surface area contributed by atoms with Gasteiger partial charge >= 0.3 is 0 Å². The average Bonchev–Trinajstić information content (AvgIpc) is 2.76. The molecule has 1 saturated heterocycles. The van der Waals surface area contributed by atoms with Crippen molar-refractivity contribution in [2.75, 3.05) is 19.6 Å². The highest BCUT2D eigenvalue weighted by Crippen LogP contribution is 2.22. The van der Waals surface area contributed by atoms with E-state index in [1.54, 1.807) is 0 Å². The molecule has 1 fully saturated rings. The zero-order chi connectivity index (χ0) is 21.2. The number of para-hydroxylation sites is 1. The van der Waals surface area contributed by atoms with Crippen molar-refractivity contribution in [3.05, 3.63) is 65.7 Å². The molecular formula is C24H33IN4O2. The summed E-state index contributed by atoms with van der Waals surface area (Å²) in [7, 11) is 0. The number of halogens is 1. The summed E-state index contributed by atoms with van der Waals surface area (Å²) >= 11 is 0. The molecule has 2 aromatic carbocycles. The maximum Gasteiger partial charge on any atom is 0.217 e. The molecule has 31 heavy (non-hydrogen) atoms. The molecule has 0 saturated carbocycles. The smallest absolute Gasteiger partial charge is 0.217 e. The van der Waals surface area contributed by atoms with Gasteiger partial charge in [0.05, 0.1) is 6.54 Å². The number of benzene rings is 2. The Kier molecular flexibility index (Phi) is 10.6. The third-order valence-corrected chi connectivity index (χ3v) is 5.25. The van der Waals surface area contributed by atoms with Crippen LogP contribution in [0.15, 0.2) is 59.6 Å². The highest BCUT2D eigenvalue weighted by Gasteiger charge is 2.23. The van der Waals surface area contributed by atoms with Gasteiger partial charge in [0.1, 0.15) is 12.4 Å².